The molecule has 0 N–H and O–H groups in total. The number of nitrogens with zero attached hydrogens (tertiary/aromatic N) is 3. The van der Waals surface area contributed by atoms with Crippen molar-refractivity contribution in [2.24, 2.45) is 0 Å². The Labute approximate surface area is 175 Å². The Hall–Kier alpha value is -2.21. The van der Waals surface area contributed by atoms with Gasteiger partial charge < -0.3 is 4.57 Å². The Bertz CT molecular complexity index is 922. The minimum absolute atomic E-state index is 0. The van der Waals surface area contributed by atoms with Crippen LogP contribution in [0.15, 0.2) is 48.8 Å². The van der Waals surface area contributed by atoms with E-state index < -0.39 is 0 Å². The molecule has 0 saturated heterocycles. The minimum Gasteiger partial charge on any atom is -0.303 e. The fourth-order valence-electron chi connectivity index (χ4n) is 3.30. The van der Waals surface area contributed by atoms with E-state index in [0.29, 0.717) is 23.9 Å². The first-order valence-corrected chi connectivity index (χ1v) is 9.04. The van der Waals surface area contributed by atoms with Crippen molar-refractivity contribution in [3.63, 3.8) is 0 Å². The topological polar surface area (TPSA) is 22.2 Å². The van der Waals surface area contributed by atoms with E-state index in [-0.39, 0.29) is 20.1 Å². The van der Waals surface area contributed by atoms with Crippen LogP contribution in [-0.2, 0) is 26.5 Å². The van der Waals surface area contributed by atoms with Crippen LogP contribution in [0, 0.1) is 12.6 Å². The van der Waals surface area contributed by atoms with Crippen molar-refractivity contribution in [2.75, 3.05) is 0 Å². The number of benzene rings is 2. The van der Waals surface area contributed by atoms with E-state index in [0.717, 1.165) is 11.4 Å². The summed E-state index contributed by atoms with van der Waals surface area (Å²) in [5, 5.41) is 0. The maximum atomic E-state index is 7.21. The van der Waals surface area contributed by atoms with Crippen LogP contribution in [-0.4, -0.2) is 9.55 Å². The Kier molecular flexibility index (Phi) is 7.13. The molecule has 3 nitrogen and oxygen atoms in total. The van der Waals surface area contributed by atoms with Gasteiger partial charge in [-0.2, -0.15) is 29.8 Å². The second-order valence-electron chi connectivity index (χ2n) is 7.17. The predicted molar refractivity (Wildman–Crippen MR) is 106 cm³/mol. The fraction of sp³-hybridized carbons (Fsp3) is 0.304. The monoisotopic (exact) mass is 535 g/mol. The SMILES string of the molecule is [C-]#[N+]c1cc[c-]c(Cc2nccn2-c2c(C(C)C)cccc2C(C)C)c1.[Ir]. The molecule has 1 heterocycles. The van der Waals surface area contributed by atoms with Crippen molar-refractivity contribution in [1.29, 1.82) is 0 Å². The van der Waals surface area contributed by atoms with Gasteiger partial charge >= 0.3 is 0 Å². The van der Waals surface area contributed by atoms with E-state index in [1.54, 1.807) is 6.07 Å². The minimum atomic E-state index is 0. The second-order valence-corrected chi connectivity index (χ2v) is 7.17. The van der Waals surface area contributed by atoms with Crippen molar-refractivity contribution >= 4 is 5.69 Å². The Morgan fingerprint density at radius 2 is 1.78 bits per heavy atom. The summed E-state index contributed by atoms with van der Waals surface area (Å²) in [6, 6.07) is 15.3. The quantitative estimate of drug-likeness (QED) is 0.365. The van der Waals surface area contributed by atoms with E-state index in [9.17, 15) is 0 Å². The molecule has 3 aromatic rings. The molecular weight excluding hydrogens is 510 g/mol. The molecule has 1 radical (unpaired) electrons. The third-order valence-corrected chi connectivity index (χ3v) is 4.62. The Morgan fingerprint density at radius 1 is 1.11 bits per heavy atom. The summed E-state index contributed by atoms with van der Waals surface area (Å²) >= 11 is 0. The third kappa shape index (κ3) is 4.56. The molecule has 27 heavy (non-hydrogen) atoms. The zero-order chi connectivity index (χ0) is 18.7. The molecular formula is C23H24IrN3-. The number of imidazole rings is 1. The van der Waals surface area contributed by atoms with E-state index in [1.165, 1.54) is 16.8 Å². The molecule has 0 fully saturated rings. The maximum absolute atomic E-state index is 7.21. The number of rotatable bonds is 5. The van der Waals surface area contributed by atoms with Gasteiger partial charge in [-0.3, -0.25) is 4.85 Å². The van der Waals surface area contributed by atoms with E-state index >= 15 is 0 Å². The van der Waals surface area contributed by atoms with Gasteiger partial charge in [0, 0.05) is 38.9 Å². The summed E-state index contributed by atoms with van der Waals surface area (Å²) in [6.07, 6.45) is 4.55. The van der Waals surface area contributed by atoms with Crippen molar-refractivity contribution in [2.45, 2.75) is 46.0 Å². The van der Waals surface area contributed by atoms with Crippen molar-refractivity contribution in [3.8, 4) is 5.69 Å². The molecule has 0 aliphatic carbocycles. The van der Waals surface area contributed by atoms with Gasteiger partial charge in [-0.05, 0) is 23.0 Å². The number of aromatic nitrogens is 2. The van der Waals surface area contributed by atoms with Gasteiger partial charge in [0.15, 0.2) is 0 Å². The maximum Gasteiger partial charge on any atom is 0.115 e. The second kappa shape index (κ2) is 9.13. The molecule has 0 aliphatic heterocycles. The van der Waals surface area contributed by atoms with Gasteiger partial charge in [0.25, 0.3) is 0 Å². The average Bonchev–Trinajstić information content (AvgIpc) is 3.08. The first-order chi connectivity index (χ1) is 12.5. The molecule has 2 aromatic carbocycles. The summed E-state index contributed by atoms with van der Waals surface area (Å²) in [5.41, 5.74) is 5.52. The van der Waals surface area contributed by atoms with Crippen LogP contribution in [0.2, 0.25) is 0 Å². The molecule has 141 valence electrons. The van der Waals surface area contributed by atoms with E-state index in [2.05, 4.69) is 66.4 Å². The Morgan fingerprint density at radius 3 is 2.37 bits per heavy atom. The van der Waals surface area contributed by atoms with Crippen molar-refractivity contribution in [3.05, 3.63) is 88.8 Å². The molecule has 0 saturated carbocycles. The molecule has 1 aromatic heterocycles. The summed E-state index contributed by atoms with van der Waals surface area (Å²) in [6.45, 7) is 16.1. The molecule has 0 spiro atoms. The number of hydrogen-bond acceptors (Lipinski definition) is 1. The van der Waals surface area contributed by atoms with Crippen LogP contribution in [0.25, 0.3) is 10.5 Å². The molecule has 3 rings (SSSR count). The van der Waals surface area contributed by atoms with Crippen LogP contribution >= 0.6 is 0 Å². The fourth-order valence-corrected chi connectivity index (χ4v) is 3.30. The van der Waals surface area contributed by atoms with Crippen LogP contribution in [0.5, 0.6) is 0 Å². The number of para-hydroxylation sites is 1. The largest absolute Gasteiger partial charge is 0.303 e. The summed E-state index contributed by atoms with van der Waals surface area (Å²) in [5.74, 6) is 1.82. The normalized spacial score (nSPS) is 10.7. The van der Waals surface area contributed by atoms with Crippen LogP contribution in [0.3, 0.4) is 0 Å². The van der Waals surface area contributed by atoms with Crippen LogP contribution < -0.4 is 0 Å². The van der Waals surface area contributed by atoms with Gasteiger partial charge in [0.05, 0.1) is 17.9 Å². The van der Waals surface area contributed by atoms with Gasteiger partial charge in [-0.15, -0.1) is 0 Å². The van der Waals surface area contributed by atoms with Crippen LogP contribution in [0.4, 0.5) is 5.69 Å². The van der Waals surface area contributed by atoms with Crippen molar-refractivity contribution in [1.82, 2.24) is 9.55 Å². The number of hydrogen-bond donors (Lipinski definition) is 0. The van der Waals surface area contributed by atoms with E-state index in [4.69, 9.17) is 6.57 Å². The zero-order valence-electron chi connectivity index (χ0n) is 16.2. The van der Waals surface area contributed by atoms with Gasteiger partial charge in [0.2, 0.25) is 0 Å². The summed E-state index contributed by atoms with van der Waals surface area (Å²) in [4.78, 5) is 8.13. The zero-order valence-corrected chi connectivity index (χ0v) is 18.6. The standard InChI is InChI=1S/C23H24N3.Ir/c1-16(2)20-10-7-11-21(17(3)4)23(20)26-13-12-25-22(26)15-18-8-6-9-19(14-18)24-5;/h6-7,9-14,16-17H,15H2,1-4H3;/q-1;. The first kappa shape index (κ1) is 21.1. The first-order valence-electron chi connectivity index (χ1n) is 9.04. The molecule has 0 bridgehead atoms. The third-order valence-electron chi connectivity index (χ3n) is 4.62. The smallest absolute Gasteiger partial charge is 0.115 e. The van der Waals surface area contributed by atoms with Gasteiger partial charge in [-0.1, -0.05) is 45.9 Å². The molecule has 0 aliphatic rings. The van der Waals surface area contributed by atoms with Gasteiger partial charge in [-0.25, -0.2) is 4.98 Å². The van der Waals surface area contributed by atoms with E-state index in [1.807, 2.05) is 24.5 Å². The average molecular weight is 535 g/mol. The summed E-state index contributed by atoms with van der Waals surface area (Å²) < 4.78 is 2.21. The van der Waals surface area contributed by atoms with Crippen molar-refractivity contribution < 1.29 is 20.1 Å². The summed E-state index contributed by atoms with van der Waals surface area (Å²) in [7, 11) is 0. The molecule has 4 heteroatoms. The predicted octanol–water partition coefficient (Wildman–Crippen LogP) is 6.06. The molecule has 0 amide bonds. The van der Waals surface area contributed by atoms with Gasteiger partial charge in [0.1, 0.15) is 5.82 Å². The van der Waals surface area contributed by atoms with Crippen LogP contribution in [0.1, 0.15) is 62.0 Å². The molecule has 0 atom stereocenters. The molecule has 0 unspecified atom stereocenters. The Balaban J connectivity index is 0.00000261.